The molecule has 0 bridgehead atoms. The van der Waals surface area contributed by atoms with Gasteiger partial charge in [-0.15, -0.1) is 0 Å². The van der Waals surface area contributed by atoms with E-state index in [1.807, 2.05) is 0 Å². The van der Waals surface area contributed by atoms with Gasteiger partial charge in [-0.05, 0) is 30.3 Å². The van der Waals surface area contributed by atoms with Crippen molar-refractivity contribution in [2.75, 3.05) is 7.11 Å². The van der Waals surface area contributed by atoms with Gasteiger partial charge in [0.15, 0.2) is 0 Å². The molecule has 0 aliphatic rings. The molecule has 1 heterocycles. The fraction of sp³-hybridized carbons (Fsp3) is 0.133. The van der Waals surface area contributed by atoms with Crippen LogP contribution < -0.4 is 0 Å². The minimum Gasteiger partial charge on any atom is -0.466 e. The number of hydrogen-bond acceptors (Lipinski definition) is 4. The van der Waals surface area contributed by atoms with Gasteiger partial charge in [0.25, 0.3) is 0 Å². The topological polar surface area (TPSA) is 59.7 Å². The third-order valence-corrected chi connectivity index (χ3v) is 3.43. The molecule has 0 aliphatic heterocycles. The number of esters is 1. The number of hydrogen-bond donors (Lipinski definition) is 1. The largest absolute Gasteiger partial charge is 0.466 e. The van der Waals surface area contributed by atoms with E-state index in [1.165, 1.54) is 13.2 Å². The van der Waals surface area contributed by atoms with E-state index in [0.717, 1.165) is 0 Å². The first kappa shape index (κ1) is 15.6. The Labute approximate surface area is 131 Å². The molecule has 4 nitrogen and oxygen atoms in total. The smallest absolute Gasteiger partial charge is 0.336 e. The molecule has 1 unspecified atom stereocenters. The molecule has 0 amide bonds. The maximum absolute atomic E-state index is 11.3. The van der Waals surface area contributed by atoms with Crippen LogP contribution in [0.2, 0.25) is 10.0 Å². The first-order chi connectivity index (χ1) is 9.93. The number of rotatable bonds is 4. The summed E-state index contributed by atoms with van der Waals surface area (Å²) in [6.45, 7) is 3.48. The highest BCUT2D eigenvalue weighted by Gasteiger charge is 2.22. The lowest BCUT2D eigenvalue weighted by Gasteiger charge is -2.09. The number of aliphatic hydroxyl groups is 1. The van der Waals surface area contributed by atoms with E-state index >= 15 is 0 Å². The van der Waals surface area contributed by atoms with Crippen molar-refractivity contribution in [3.8, 4) is 11.3 Å². The quantitative estimate of drug-likeness (QED) is 0.681. The number of benzene rings is 1. The number of carbonyl (C=O) groups excluding carboxylic acids is 1. The van der Waals surface area contributed by atoms with Crippen molar-refractivity contribution in [1.82, 2.24) is 0 Å². The lowest BCUT2D eigenvalue weighted by Crippen LogP contribution is -2.11. The van der Waals surface area contributed by atoms with Crippen LogP contribution in [0.5, 0.6) is 0 Å². The summed E-state index contributed by atoms with van der Waals surface area (Å²) in [4.78, 5) is 11.3. The molecule has 1 aromatic heterocycles. The minimum absolute atomic E-state index is 0.115. The zero-order chi connectivity index (χ0) is 15.6. The molecule has 2 rings (SSSR count). The second kappa shape index (κ2) is 6.35. The van der Waals surface area contributed by atoms with Crippen LogP contribution in [0.4, 0.5) is 0 Å². The lowest BCUT2D eigenvalue weighted by molar-refractivity contribution is -0.137. The highest BCUT2D eigenvalue weighted by Crippen LogP contribution is 2.34. The first-order valence-electron chi connectivity index (χ1n) is 5.94. The van der Waals surface area contributed by atoms with Gasteiger partial charge in [0.2, 0.25) is 0 Å². The molecule has 0 fully saturated rings. The van der Waals surface area contributed by atoms with E-state index in [0.29, 0.717) is 21.4 Å². The maximum Gasteiger partial charge on any atom is 0.336 e. The Balaban J connectivity index is 2.32. The van der Waals surface area contributed by atoms with Gasteiger partial charge in [-0.25, -0.2) is 4.79 Å². The average Bonchev–Trinajstić information content (AvgIpc) is 2.97. The van der Waals surface area contributed by atoms with Crippen LogP contribution in [0.15, 0.2) is 46.9 Å². The molecule has 1 atom stereocenters. The zero-order valence-electron chi connectivity index (χ0n) is 11.1. The van der Waals surface area contributed by atoms with E-state index in [4.69, 9.17) is 27.6 Å². The summed E-state index contributed by atoms with van der Waals surface area (Å²) in [5, 5.41) is 11.0. The Morgan fingerprint density at radius 3 is 2.71 bits per heavy atom. The van der Waals surface area contributed by atoms with Crippen LogP contribution in [-0.2, 0) is 9.53 Å². The molecular weight excluding hydrogens is 315 g/mol. The predicted octanol–water partition coefficient (Wildman–Crippen LogP) is 4.02. The Hall–Kier alpha value is -1.75. The lowest BCUT2D eigenvalue weighted by atomic mass is 10.1. The van der Waals surface area contributed by atoms with Crippen molar-refractivity contribution >= 4 is 29.2 Å². The normalized spacial score (nSPS) is 12.0. The van der Waals surface area contributed by atoms with Gasteiger partial charge in [0, 0.05) is 10.6 Å². The summed E-state index contributed by atoms with van der Waals surface area (Å²) < 4.78 is 10.0. The first-order valence-corrected chi connectivity index (χ1v) is 6.70. The average molecular weight is 327 g/mol. The van der Waals surface area contributed by atoms with Crippen molar-refractivity contribution in [3.05, 3.63) is 58.3 Å². The zero-order valence-corrected chi connectivity index (χ0v) is 12.6. The van der Waals surface area contributed by atoms with Gasteiger partial charge in [0.1, 0.15) is 17.6 Å². The fourth-order valence-electron chi connectivity index (χ4n) is 1.75. The molecular formula is C15H12Cl2O4. The van der Waals surface area contributed by atoms with Crippen LogP contribution in [0.1, 0.15) is 11.9 Å². The Morgan fingerprint density at radius 2 is 2.05 bits per heavy atom. The molecule has 0 spiro atoms. The number of furan rings is 1. The maximum atomic E-state index is 11.3. The van der Waals surface area contributed by atoms with Crippen LogP contribution in [0, 0.1) is 0 Å². The molecule has 1 aromatic carbocycles. The Bertz CT molecular complexity index is 691. The van der Waals surface area contributed by atoms with Crippen molar-refractivity contribution in [1.29, 1.82) is 0 Å². The molecule has 110 valence electrons. The van der Waals surface area contributed by atoms with E-state index in [2.05, 4.69) is 11.3 Å². The van der Waals surface area contributed by atoms with Crippen molar-refractivity contribution in [2.24, 2.45) is 0 Å². The van der Waals surface area contributed by atoms with Crippen molar-refractivity contribution < 1.29 is 19.1 Å². The summed E-state index contributed by atoms with van der Waals surface area (Å²) >= 11 is 12.0. The second-order valence-electron chi connectivity index (χ2n) is 4.25. The Morgan fingerprint density at radius 1 is 1.33 bits per heavy atom. The Kier molecular flexibility index (Phi) is 4.73. The number of ether oxygens (including phenoxy) is 1. The minimum atomic E-state index is -1.29. The summed E-state index contributed by atoms with van der Waals surface area (Å²) in [6, 6.07) is 8.11. The third-order valence-electron chi connectivity index (χ3n) is 2.87. The second-order valence-corrected chi connectivity index (χ2v) is 5.09. The van der Waals surface area contributed by atoms with Gasteiger partial charge in [0.05, 0.1) is 17.7 Å². The highest BCUT2D eigenvalue weighted by atomic mass is 35.5. The molecule has 0 saturated carbocycles. The molecule has 0 radical (unpaired) electrons. The van der Waals surface area contributed by atoms with Crippen LogP contribution in [-0.4, -0.2) is 18.2 Å². The van der Waals surface area contributed by atoms with Gasteiger partial charge in [-0.2, -0.15) is 0 Å². The van der Waals surface area contributed by atoms with Crippen LogP contribution in [0.25, 0.3) is 11.3 Å². The van der Waals surface area contributed by atoms with E-state index in [1.54, 1.807) is 24.3 Å². The van der Waals surface area contributed by atoms with Gasteiger partial charge in [-0.1, -0.05) is 29.8 Å². The molecule has 6 heteroatoms. The third kappa shape index (κ3) is 3.29. The van der Waals surface area contributed by atoms with Gasteiger partial charge >= 0.3 is 5.97 Å². The number of aliphatic hydroxyl groups excluding tert-OH is 1. The summed E-state index contributed by atoms with van der Waals surface area (Å²) in [5.41, 5.74) is 0.474. The van der Waals surface area contributed by atoms with E-state index in [9.17, 15) is 9.90 Å². The molecule has 1 N–H and O–H groups in total. The number of halogens is 2. The van der Waals surface area contributed by atoms with Crippen LogP contribution >= 0.6 is 23.2 Å². The molecule has 2 aromatic rings. The number of methoxy groups -OCH3 is 1. The summed E-state index contributed by atoms with van der Waals surface area (Å²) in [6.07, 6.45) is -1.29. The summed E-state index contributed by atoms with van der Waals surface area (Å²) in [5.74, 6) is -0.119. The van der Waals surface area contributed by atoms with Crippen LogP contribution in [0.3, 0.4) is 0 Å². The molecule has 21 heavy (non-hydrogen) atoms. The van der Waals surface area contributed by atoms with E-state index < -0.39 is 12.1 Å². The summed E-state index contributed by atoms with van der Waals surface area (Å²) in [7, 11) is 1.21. The number of carbonyl (C=O) groups is 1. The van der Waals surface area contributed by atoms with Gasteiger partial charge in [-0.3, -0.25) is 0 Å². The standard InChI is InChI=1S/C15H12Cl2O4/c1-8(15(19)20-2)14(18)13-6-5-12(21-13)10-7-9(16)3-4-11(10)17/h3-7,14,18H,1H2,2H3. The monoisotopic (exact) mass is 326 g/mol. The molecule has 0 aliphatic carbocycles. The van der Waals surface area contributed by atoms with Crippen molar-refractivity contribution in [3.63, 3.8) is 0 Å². The molecule has 0 saturated heterocycles. The van der Waals surface area contributed by atoms with E-state index in [-0.39, 0.29) is 11.3 Å². The predicted molar refractivity (Wildman–Crippen MR) is 80.3 cm³/mol. The van der Waals surface area contributed by atoms with Crippen molar-refractivity contribution in [2.45, 2.75) is 6.10 Å². The fourth-order valence-corrected chi connectivity index (χ4v) is 2.13. The van der Waals surface area contributed by atoms with Gasteiger partial charge < -0.3 is 14.3 Å². The highest BCUT2D eigenvalue weighted by molar-refractivity contribution is 6.35. The SMILES string of the molecule is C=C(C(=O)OC)C(O)c1ccc(-c2cc(Cl)ccc2Cl)o1.